The molecule has 1 aliphatic carbocycles. The second-order valence-electron chi connectivity index (χ2n) is 4.19. The Morgan fingerprint density at radius 2 is 1.93 bits per heavy atom. The molecule has 2 atom stereocenters. The van der Waals surface area contributed by atoms with Crippen molar-refractivity contribution in [2.24, 2.45) is 11.8 Å². The van der Waals surface area contributed by atoms with Crippen LogP contribution in [0.2, 0.25) is 0 Å². The molecule has 0 N–H and O–H groups in total. The summed E-state index contributed by atoms with van der Waals surface area (Å²) in [4.78, 5) is 11.6. The van der Waals surface area contributed by atoms with Crippen LogP contribution in [0.4, 0.5) is 0 Å². The van der Waals surface area contributed by atoms with Gasteiger partial charge in [0.25, 0.3) is 0 Å². The zero-order valence-corrected chi connectivity index (χ0v) is 10.1. The van der Waals surface area contributed by atoms with Crippen molar-refractivity contribution in [2.75, 3.05) is 6.61 Å². The Labute approximate surface area is 92.7 Å². The fraction of sp³-hybridized carbons (Fsp3) is 0.769. The summed E-state index contributed by atoms with van der Waals surface area (Å²) in [5, 5.41) is 0. The summed E-state index contributed by atoms with van der Waals surface area (Å²) in [7, 11) is 0. The SMILES string of the molecule is CCC[C@H]1C=C(C(=O)OCC)[C@@H]1CCC. The van der Waals surface area contributed by atoms with Gasteiger partial charge in [-0.15, -0.1) is 0 Å². The van der Waals surface area contributed by atoms with Crippen molar-refractivity contribution in [1.82, 2.24) is 0 Å². The number of carbonyl (C=O) groups excluding carboxylic acids is 1. The van der Waals surface area contributed by atoms with Gasteiger partial charge in [-0.1, -0.05) is 32.8 Å². The van der Waals surface area contributed by atoms with Crippen molar-refractivity contribution in [3.63, 3.8) is 0 Å². The lowest BCUT2D eigenvalue weighted by Gasteiger charge is -2.34. The van der Waals surface area contributed by atoms with Crippen LogP contribution in [0.3, 0.4) is 0 Å². The molecule has 1 aliphatic rings. The van der Waals surface area contributed by atoms with Crippen molar-refractivity contribution in [3.8, 4) is 0 Å². The highest BCUT2D eigenvalue weighted by atomic mass is 16.5. The number of hydrogen-bond acceptors (Lipinski definition) is 2. The largest absolute Gasteiger partial charge is 0.463 e. The van der Waals surface area contributed by atoms with Crippen molar-refractivity contribution in [3.05, 3.63) is 11.6 Å². The van der Waals surface area contributed by atoms with Crippen molar-refractivity contribution in [1.29, 1.82) is 0 Å². The molecule has 2 heteroatoms. The van der Waals surface area contributed by atoms with Gasteiger partial charge >= 0.3 is 5.97 Å². The molecule has 86 valence electrons. The predicted octanol–water partition coefficient (Wildman–Crippen LogP) is 3.32. The van der Waals surface area contributed by atoms with E-state index in [-0.39, 0.29) is 5.97 Å². The Morgan fingerprint density at radius 1 is 1.27 bits per heavy atom. The van der Waals surface area contributed by atoms with Crippen LogP contribution < -0.4 is 0 Å². The minimum absolute atomic E-state index is 0.0942. The Kier molecular flexibility index (Phi) is 4.86. The van der Waals surface area contributed by atoms with E-state index in [0.717, 1.165) is 18.4 Å². The van der Waals surface area contributed by atoms with E-state index in [0.29, 0.717) is 18.4 Å². The van der Waals surface area contributed by atoms with E-state index < -0.39 is 0 Å². The Balaban J connectivity index is 2.56. The van der Waals surface area contributed by atoms with Gasteiger partial charge < -0.3 is 4.74 Å². The Hall–Kier alpha value is -0.790. The number of allylic oxidation sites excluding steroid dienone is 1. The van der Waals surface area contributed by atoms with Crippen LogP contribution in [0, 0.1) is 11.8 Å². The molecule has 0 saturated carbocycles. The van der Waals surface area contributed by atoms with Gasteiger partial charge in [-0.3, -0.25) is 0 Å². The van der Waals surface area contributed by atoms with Gasteiger partial charge in [-0.05, 0) is 31.6 Å². The van der Waals surface area contributed by atoms with Crippen molar-refractivity contribution >= 4 is 5.97 Å². The number of carbonyl (C=O) groups is 1. The van der Waals surface area contributed by atoms with E-state index in [9.17, 15) is 4.79 Å². The minimum Gasteiger partial charge on any atom is -0.463 e. The standard InChI is InChI=1S/C13H22O2/c1-4-7-10-9-12(11(10)8-5-2)13(14)15-6-3/h9-11H,4-8H2,1-3H3/t10-,11+/m0/s1. The van der Waals surface area contributed by atoms with Crippen molar-refractivity contribution in [2.45, 2.75) is 46.5 Å². The first-order chi connectivity index (χ1) is 7.24. The monoisotopic (exact) mass is 210 g/mol. The molecule has 0 aromatic heterocycles. The van der Waals surface area contributed by atoms with Gasteiger partial charge in [0.2, 0.25) is 0 Å². The highest BCUT2D eigenvalue weighted by molar-refractivity contribution is 5.90. The van der Waals surface area contributed by atoms with Gasteiger partial charge in [-0.2, -0.15) is 0 Å². The molecule has 0 fully saturated rings. The molecular formula is C13H22O2. The van der Waals surface area contributed by atoms with E-state index in [2.05, 4.69) is 19.9 Å². The number of ether oxygens (including phenoxy) is 1. The average Bonchev–Trinajstić information content (AvgIpc) is 2.20. The van der Waals surface area contributed by atoms with E-state index in [1.807, 2.05) is 6.92 Å². The molecular weight excluding hydrogens is 188 g/mol. The smallest absolute Gasteiger partial charge is 0.333 e. The third-order valence-corrected chi connectivity index (χ3v) is 3.04. The Morgan fingerprint density at radius 3 is 2.47 bits per heavy atom. The second-order valence-corrected chi connectivity index (χ2v) is 4.19. The summed E-state index contributed by atoms with van der Waals surface area (Å²) in [5.41, 5.74) is 0.928. The fourth-order valence-electron chi connectivity index (χ4n) is 2.31. The number of esters is 1. The second kappa shape index (κ2) is 5.94. The molecule has 0 bridgehead atoms. The van der Waals surface area contributed by atoms with E-state index in [1.54, 1.807) is 0 Å². The number of hydrogen-bond donors (Lipinski definition) is 0. The third-order valence-electron chi connectivity index (χ3n) is 3.04. The first-order valence-corrected chi connectivity index (χ1v) is 6.13. The zero-order chi connectivity index (χ0) is 11.3. The maximum atomic E-state index is 11.6. The van der Waals surface area contributed by atoms with Gasteiger partial charge in [0.05, 0.1) is 6.61 Å². The molecule has 0 unspecified atom stereocenters. The molecule has 0 heterocycles. The maximum Gasteiger partial charge on any atom is 0.333 e. The van der Waals surface area contributed by atoms with Crippen LogP contribution in [0.25, 0.3) is 0 Å². The van der Waals surface area contributed by atoms with E-state index >= 15 is 0 Å². The lowest BCUT2D eigenvalue weighted by molar-refractivity contribution is -0.140. The minimum atomic E-state index is -0.0942. The fourth-order valence-corrected chi connectivity index (χ4v) is 2.31. The summed E-state index contributed by atoms with van der Waals surface area (Å²) in [6.45, 7) is 6.70. The van der Waals surface area contributed by atoms with Crippen LogP contribution in [0.5, 0.6) is 0 Å². The van der Waals surface area contributed by atoms with Gasteiger partial charge in [0, 0.05) is 5.57 Å². The molecule has 15 heavy (non-hydrogen) atoms. The molecule has 0 aromatic carbocycles. The molecule has 0 spiro atoms. The molecule has 0 radical (unpaired) electrons. The first kappa shape index (κ1) is 12.3. The van der Waals surface area contributed by atoms with Crippen molar-refractivity contribution < 1.29 is 9.53 Å². The molecule has 0 aromatic rings. The summed E-state index contributed by atoms with van der Waals surface area (Å²) in [5.74, 6) is 0.992. The molecule has 0 saturated heterocycles. The lowest BCUT2D eigenvalue weighted by atomic mass is 9.70. The zero-order valence-electron chi connectivity index (χ0n) is 10.1. The number of rotatable bonds is 6. The quantitative estimate of drug-likeness (QED) is 0.629. The van der Waals surface area contributed by atoms with Gasteiger partial charge in [0.15, 0.2) is 0 Å². The molecule has 2 nitrogen and oxygen atoms in total. The van der Waals surface area contributed by atoms with Crippen LogP contribution in [-0.2, 0) is 9.53 Å². The Bertz CT molecular complexity index is 243. The van der Waals surface area contributed by atoms with Crippen LogP contribution in [0.15, 0.2) is 11.6 Å². The first-order valence-electron chi connectivity index (χ1n) is 6.13. The van der Waals surface area contributed by atoms with Crippen LogP contribution in [-0.4, -0.2) is 12.6 Å². The average molecular weight is 210 g/mol. The highest BCUT2D eigenvalue weighted by Gasteiger charge is 2.35. The summed E-state index contributed by atoms with van der Waals surface area (Å²) >= 11 is 0. The molecule has 0 amide bonds. The highest BCUT2D eigenvalue weighted by Crippen LogP contribution is 2.40. The van der Waals surface area contributed by atoms with Gasteiger partial charge in [0.1, 0.15) is 0 Å². The van der Waals surface area contributed by atoms with Gasteiger partial charge in [-0.25, -0.2) is 4.79 Å². The van der Waals surface area contributed by atoms with Crippen LogP contribution >= 0.6 is 0 Å². The molecule has 1 rings (SSSR count). The summed E-state index contributed by atoms with van der Waals surface area (Å²) in [6.07, 6.45) is 6.77. The third kappa shape index (κ3) is 2.83. The topological polar surface area (TPSA) is 26.3 Å². The normalized spacial score (nSPS) is 24.3. The van der Waals surface area contributed by atoms with Crippen LogP contribution in [0.1, 0.15) is 46.5 Å². The maximum absolute atomic E-state index is 11.6. The summed E-state index contributed by atoms with van der Waals surface area (Å²) < 4.78 is 5.04. The molecule has 0 aliphatic heterocycles. The van der Waals surface area contributed by atoms with E-state index in [1.165, 1.54) is 12.8 Å². The lowest BCUT2D eigenvalue weighted by Crippen LogP contribution is -2.30. The van der Waals surface area contributed by atoms with E-state index in [4.69, 9.17) is 4.74 Å². The predicted molar refractivity (Wildman–Crippen MR) is 61.5 cm³/mol. The summed E-state index contributed by atoms with van der Waals surface area (Å²) in [6, 6.07) is 0.